The zero-order valence-corrected chi connectivity index (χ0v) is 9.61. The van der Waals surface area contributed by atoms with Gasteiger partial charge in [-0.05, 0) is 40.7 Å². The summed E-state index contributed by atoms with van der Waals surface area (Å²) in [5, 5.41) is 2.74. The van der Waals surface area contributed by atoms with Crippen molar-refractivity contribution < 1.29 is 0 Å². The summed E-state index contributed by atoms with van der Waals surface area (Å²) in [6.07, 6.45) is 7.13. The summed E-state index contributed by atoms with van der Waals surface area (Å²) in [6, 6.07) is 13.2. The molecular weight excluding hydrogens is 192 g/mol. The molecule has 1 atom stereocenters. The van der Waals surface area contributed by atoms with Crippen molar-refractivity contribution in [3.05, 3.63) is 53.6 Å². The highest BCUT2D eigenvalue weighted by atomic mass is 14.1. The first-order chi connectivity index (χ1) is 7.84. The van der Waals surface area contributed by atoms with Crippen LogP contribution in [0.25, 0.3) is 16.8 Å². The third kappa shape index (κ3) is 1.55. The van der Waals surface area contributed by atoms with Gasteiger partial charge in [0, 0.05) is 0 Å². The largest absolute Gasteiger partial charge is 0.0811 e. The molecule has 1 aliphatic rings. The van der Waals surface area contributed by atoms with Crippen LogP contribution >= 0.6 is 0 Å². The van der Waals surface area contributed by atoms with E-state index in [4.69, 9.17) is 0 Å². The van der Waals surface area contributed by atoms with Crippen molar-refractivity contribution in [2.45, 2.75) is 19.8 Å². The zero-order valence-electron chi connectivity index (χ0n) is 9.61. The van der Waals surface area contributed by atoms with E-state index in [1.54, 1.807) is 0 Å². The second-order valence-electron chi connectivity index (χ2n) is 4.73. The van der Waals surface area contributed by atoms with Gasteiger partial charge in [-0.2, -0.15) is 0 Å². The molecular formula is C16H16. The Kier molecular flexibility index (Phi) is 2.28. The van der Waals surface area contributed by atoms with Gasteiger partial charge in [0.2, 0.25) is 0 Å². The lowest BCUT2D eigenvalue weighted by atomic mass is 9.97. The van der Waals surface area contributed by atoms with Crippen molar-refractivity contribution in [3.8, 4) is 0 Å². The molecule has 1 unspecified atom stereocenters. The molecule has 0 aromatic heterocycles. The van der Waals surface area contributed by atoms with Crippen molar-refractivity contribution in [2.75, 3.05) is 0 Å². The summed E-state index contributed by atoms with van der Waals surface area (Å²) in [4.78, 5) is 0. The number of rotatable bonds is 0. The normalized spacial score (nSPS) is 19.4. The van der Waals surface area contributed by atoms with Gasteiger partial charge >= 0.3 is 0 Å². The van der Waals surface area contributed by atoms with Crippen molar-refractivity contribution in [1.29, 1.82) is 0 Å². The van der Waals surface area contributed by atoms with E-state index in [1.807, 2.05) is 0 Å². The van der Waals surface area contributed by atoms with Gasteiger partial charge < -0.3 is 0 Å². The molecule has 0 saturated carbocycles. The number of fused-ring (bicyclic) bond motifs is 3. The maximum atomic E-state index is 2.35. The molecule has 0 amide bonds. The van der Waals surface area contributed by atoms with E-state index in [9.17, 15) is 0 Å². The van der Waals surface area contributed by atoms with Gasteiger partial charge in [-0.3, -0.25) is 0 Å². The van der Waals surface area contributed by atoms with Gasteiger partial charge in [0.25, 0.3) is 0 Å². The minimum atomic E-state index is 0.700. The Morgan fingerprint density at radius 2 is 1.94 bits per heavy atom. The fourth-order valence-electron chi connectivity index (χ4n) is 2.50. The molecule has 0 N–H and O–H groups in total. The average Bonchev–Trinajstić information content (AvgIpc) is 2.52. The molecule has 0 heterocycles. The van der Waals surface area contributed by atoms with Crippen LogP contribution in [0, 0.1) is 5.92 Å². The third-order valence-electron chi connectivity index (χ3n) is 3.52. The first-order valence-electron chi connectivity index (χ1n) is 6.03. The smallest absolute Gasteiger partial charge is 0.0109 e. The zero-order chi connectivity index (χ0) is 11.0. The van der Waals surface area contributed by atoms with Crippen LogP contribution in [0.2, 0.25) is 0 Å². The molecule has 16 heavy (non-hydrogen) atoms. The van der Waals surface area contributed by atoms with E-state index in [0.717, 1.165) is 0 Å². The standard InChI is InChI=1S/C16H16/c1-12-6-8-14-10-9-13-4-2-3-5-15(13)16(14)11-7-12/h2-5,7,9-12H,6,8H2,1H3. The molecule has 0 spiro atoms. The van der Waals surface area contributed by atoms with Crippen molar-refractivity contribution >= 4 is 16.8 Å². The summed E-state index contributed by atoms with van der Waals surface area (Å²) in [7, 11) is 0. The molecule has 80 valence electrons. The Morgan fingerprint density at radius 1 is 1.06 bits per heavy atom. The fourth-order valence-corrected chi connectivity index (χ4v) is 2.50. The predicted molar refractivity (Wildman–Crippen MR) is 70.5 cm³/mol. The van der Waals surface area contributed by atoms with E-state index < -0.39 is 0 Å². The number of hydrogen-bond donors (Lipinski definition) is 0. The molecule has 2 aromatic carbocycles. The van der Waals surface area contributed by atoms with Crippen LogP contribution in [-0.2, 0) is 6.42 Å². The minimum Gasteiger partial charge on any atom is -0.0811 e. The Bertz CT molecular complexity index is 549. The summed E-state index contributed by atoms with van der Waals surface area (Å²) in [6.45, 7) is 2.30. The summed E-state index contributed by atoms with van der Waals surface area (Å²) >= 11 is 0. The molecule has 0 saturated heterocycles. The molecule has 0 fully saturated rings. The van der Waals surface area contributed by atoms with Crippen LogP contribution in [0.4, 0.5) is 0 Å². The Hall–Kier alpha value is -1.56. The number of hydrogen-bond acceptors (Lipinski definition) is 0. The van der Waals surface area contributed by atoms with Gasteiger partial charge in [0.05, 0.1) is 0 Å². The van der Waals surface area contributed by atoms with Gasteiger partial charge in [0.1, 0.15) is 0 Å². The highest BCUT2D eigenvalue weighted by molar-refractivity contribution is 5.92. The highest BCUT2D eigenvalue weighted by Gasteiger charge is 2.10. The molecule has 2 aromatic rings. The van der Waals surface area contributed by atoms with Crippen LogP contribution < -0.4 is 0 Å². The van der Waals surface area contributed by atoms with E-state index in [2.05, 4.69) is 55.5 Å². The Morgan fingerprint density at radius 3 is 2.88 bits per heavy atom. The second kappa shape index (κ2) is 3.79. The van der Waals surface area contributed by atoms with E-state index in [-0.39, 0.29) is 0 Å². The predicted octanol–water partition coefficient (Wildman–Crippen LogP) is 4.44. The summed E-state index contributed by atoms with van der Waals surface area (Å²) < 4.78 is 0. The molecule has 0 radical (unpaired) electrons. The molecule has 1 aliphatic carbocycles. The fraction of sp³-hybridized carbons (Fsp3) is 0.250. The van der Waals surface area contributed by atoms with Crippen molar-refractivity contribution in [3.63, 3.8) is 0 Å². The average molecular weight is 208 g/mol. The maximum Gasteiger partial charge on any atom is -0.0109 e. The monoisotopic (exact) mass is 208 g/mol. The van der Waals surface area contributed by atoms with E-state index in [1.165, 1.54) is 34.7 Å². The molecule has 0 nitrogen and oxygen atoms in total. The lowest BCUT2D eigenvalue weighted by molar-refractivity contribution is 0.655. The van der Waals surface area contributed by atoms with E-state index >= 15 is 0 Å². The highest BCUT2D eigenvalue weighted by Crippen LogP contribution is 2.28. The number of allylic oxidation sites excluding steroid dienone is 1. The minimum absolute atomic E-state index is 0.700. The van der Waals surface area contributed by atoms with Crippen LogP contribution in [-0.4, -0.2) is 0 Å². The Balaban J connectivity index is 2.28. The van der Waals surface area contributed by atoms with Gasteiger partial charge in [-0.1, -0.05) is 55.5 Å². The lowest BCUT2D eigenvalue weighted by Crippen LogP contribution is -1.92. The molecule has 0 bridgehead atoms. The SMILES string of the molecule is CC1C=Cc2c(ccc3ccccc23)CC1. The van der Waals surface area contributed by atoms with Gasteiger partial charge in [0.15, 0.2) is 0 Å². The molecule has 0 heteroatoms. The lowest BCUT2D eigenvalue weighted by Gasteiger charge is -2.08. The van der Waals surface area contributed by atoms with Crippen LogP contribution in [0.5, 0.6) is 0 Å². The number of aryl methyl sites for hydroxylation is 1. The first kappa shape index (κ1) is 9.65. The molecule has 0 aliphatic heterocycles. The van der Waals surface area contributed by atoms with Crippen LogP contribution in [0.3, 0.4) is 0 Å². The second-order valence-corrected chi connectivity index (χ2v) is 4.73. The quantitative estimate of drug-likeness (QED) is 0.600. The van der Waals surface area contributed by atoms with E-state index in [0.29, 0.717) is 5.92 Å². The maximum absolute atomic E-state index is 2.35. The van der Waals surface area contributed by atoms with Gasteiger partial charge in [-0.25, -0.2) is 0 Å². The van der Waals surface area contributed by atoms with Crippen LogP contribution in [0.15, 0.2) is 42.5 Å². The number of benzene rings is 2. The van der Waals surface area contributed by atoms with Crippen LogP contribution in [0.1, 0.15) is 24.5 Å². The molecule has 3 rings (SSSR count). The van der Waals surface area contributed by atoms with Crippen molar-refractivity contribution in [2.24, 2.45) is 5.92 Å². The first-order valence-corrected chi connectivity index (χ1v) is 6.03. The summed E-state index contributed by atoms with van der Waals surface area (Å²) in [5.74, 6) is 0.700. The van der Waals surface area contributed by atoms with Crippen molar-refractivity contribution in [1.82, 2.24) is 0 Å². The third-order valence-corrected chi connectivity index (χ3v) is 3.52. The Labute approximate surface area is 96.6 Å². The summed E-state index contributed by atoms with van der Waals surface area (Å²) in [5.41, 5.74) is 2.93. The van der Waals surface area contributed by atoms with Gasteiger partial charge in [-0.15, -0.1) is 0 Å². The topological polar surface area (TPSA) is 0 Å².